The summed E-state index contributed by atoms with van der Waals surface area (Å²) in [4.78, 5) is 36.9. The van der Waals surface area contributed by atoms with Crippen LogP contribution in [0.4, 0.5) is 0 Å². The van der Waals surface area contributed by atoms with Gasteiger partial charge in [-0.15, -0.1) is 0 Å². The minimum absolute atomic E-state index is 0.0107. The van der Waals surface area contributed by atoms with E-state index in [0.717, 1.165) is 89.9 Å². The molecule has 0 heterocycles. The van der Waals surface area contributed by atoms with Gasteiger partial charge >= 0.3 is 11.9 Å². The Morgan fingerprint density at radius 2 is 0.967 bits per heavy atom. The smallest absolute Gasteiger partial charge is 0.306 e. The Morgan fingerprint density at radius 3 is 1.52 bits per heavy atom. The second-order valence-corrected chi connectivity index (χ2v) is 15.7. The molecule has 2 atom stereocenters. The van der Waals surface area contributed by atoms with Gasteiger partial charge in [-0.1, -0.05) is 167 Å². The van der Waals surface area contributed by atoms with Gasteiger partial charge in [-0.2, -0.15) is 0 Å². The van der Waals surface area contributed by atoms with Gasteiger partial charge in [0.25, 0.3) is 0 Å². The van der Waals surface area contributed by atoms with Gasteiger partial charge in [0.1, 0.15) is 12.6 Å². The van der Waals surface area contributed by atoms with Crippen molar-refractivity contribution < 1.29 is 38.2 Å². The first kappa shape index (κ1) is 55.7. The zero-order valence-corrected chi connectivity index (χ0v) is 38.1. The van der Waals surface area contributed by atoms with Gasteiger partial charge in [-0.3, -0.25) is 9.59 Å². The first-order chi connectivity index (χ1) is 29.1. The fourth-order valence-corrected chi connectivity index (χ4v) is 5.80. The molecule has 0 aliphatic heterocycles. The molecule has 8 heteroatoms. The Morgan fingerprint density at radius 1 is 0.517 bits per heavy atom. The van der Waals surface area contributed by atoms with Gasteiger partial charge in [0.05, 0.1) is 40.3 Å². The summed E-state index contributed by atoms with van der Waals surface area (Å²) in [7, 11) is 5.37. The number of unbranched alkanes of at least 4 members (excludes halogenated alkanes) is 9. The average molecular weight is 832 g/mol. The monoisotopic (exact) mass is 832 g/mol. The first-order valence-electron chi connectivity index (χ1n) is 22.6. The third-order valence-corrected chi connectivity index (χ3v) is 9.25. The lowest BCUT2D eigenvalue weighted by molar-refractivity contribution is -0.889. The molecular formula is C52H81NO7. The molecule has 0 aromatic carbocycles. The molecule has 0 spiro atoms. The molecule has 0 saturated carbocycles. The Labute approximate surface area is 365 Å². The van der Waals surface area contributed by atoms with E-state index in [-0.39, 0.29) is 55.5 Å². The van der Waals surface area contributed by atoms with E-state index >= 15 is 0 Å². The quantitative estimate of drug-likeness (QED) is 0.0201. The normalized spacial score (nSPS) is 14.1. The van der Waals surface area contributed by atoms with Crippen LogP contribution < -0.4 is 5.11 Å². The number of ether oxygens (including phenoxy) is 3. The van der Waals surface area contributed by atoms with Gasteiger partial charge in [0.15, 0.2) is 6.10 Å². The molecule has 0 amide bonds. The number of esters is 2. The maximum absolute atomic E-state index is 12.7. The van der Waals surface area contributed by atoms with Gasteiger partial charge in [0, 0.05) is 19.3 Å². The number of quaternary nitrogens is 1. The van der Waals surface area contributed by atoms with Crippen LogP contribution in [0.15, 0.2) is 122 Å². The van der Waals surface area contributed by atoms with Crippen LogP contribution in [-0.4, -0.2) is 75.5 Å². The molecule has 60 heavy (non-hydrogen) atoms. The summed E-state index contributed by atoms with van der Waals surface area (Å²) in [5.74, 6) is -1.83. The number of carboxylic acids is 1. The van der Waals surface area contributed by atoms with Crippen molar-refractivity contribution in [1.29, 1.82) is 0 Å². The van der Waals surface area contributed by atoms with Crippen molar-refractivity contribution >= 4 is 17.9 Å². The van der Waals surface area contributed by atoms with Crippen LogP contribution in [0.1, 0.15) is 136 Å². The van der Waals surface area contributed by atoms with E-state index in [9.17, 15) is 19.5 Å². The molecule has 0 radical (unpaired) electrons. The molecule has 0 saturated heterocycles. The minimum atomic E-state index is -1.14. The number of carbonyl (C=O) groups excluding carboxylic acids is 3. The Bertz CT molecular complexity index is 1390. The van der Waals surface area contributed by atoms with Crippen molar-refractivity contribution in [3.63, 3.8) is 0 Å². The lowest BCUT2D eigenvalue weighted by Crippen LogP contribution is -2.55. The van der Waals surface area contributed by atoms with Gasteiger partial charge in [-0.05, 0) is 70.6 Å². The number of allylic oxidation sites excluding steroid dienone is 20. The predicted octanol–water partition coefficient (Wildman–Crippen LogP) is 11.3. The third-order valence-electron chi connectivity index (χ3n) is 9.25. The number of likely N-dealkylation sites (N-methyl/N-ethyl adjacent to an activating group) is 1. The Balaban J connectivity index is 4.48. The van der Waals surface area contributed by atoms with Crippen molar-refractivity contribution in [2.45, 2.75) is 148 Å². The topological polar surface area (TPSA) is 102 Å². The number of carbonyl (C=O) groups is 3. The summed E-state index contributed by atoms with van der Waals surface area (Å²) < 4.78 is 17.1. The highest BCUT2D eigenvalue weighted by Gasteiger charge is 2.25. The molecule has 8 nitrogen and oxygen atoms in total. The van der Waals surface area contributed by atoms with E-state index < -0.39 is 18.1 Å². The Kier molecular flexibility index (Phi) is 38.5. The van der Waals surface area contributed by atoms with E-state index in [1.807, 2.05) is 60.8 Å². The second kappa shape index (κ2) is 41.5. The second-order valence-electron chi connectivity index (χ2n) is 15.7. The summed E-state index contributed by atoms with van der Waals surface area (Å²) >= 11 is 0. The van der Waals surface area contributed by atoms with Crippen LogP contribution >= 0.6 is 0 Å². The van der Waals surface area contributed by atoms with E-state index in [1.54, 1.807) is 21.1 Å². The number of rotatable bonds is 38. The lowest BCUT2D eigenvalue weighted by Gasteiger charge is -2.34. The molecule has 2 unspecified atom stereocenters. The van der Waals surface area contributed by atoms with Crippen LogP contribution in [0.25, 0.3) is 0 Å². The fourth-order valence-electron chi connectivity index (χ4n) is 5.80. The van der Waals surface area contributed by atoms with Crippen molar-refractivity contribution in [2.24, 2.45) is 0 Å². The molecule has 336 valence electrons. The number of hydrogen-bond donors (Lipinski definition) is 0. The third kappa shape index (κ3) is 39.2. The van der Waals surface area contributed by atoms with E-state index in [4.69, 9.17) is 14.2 Å². The van der Waals surface area contributed by atoms with E-state index in [1.165, 1.54) is 6.42 Å². The zero-order chi connectivity index (χ0) is 44.2. The standard InChI is InChI=1S/C52H81NO7/c1-6-8-10-12-14-16-18-20-22-24-25-27-29-31-33-35-37-39-41-43-51(55)60-48(46-58-45-44-49(52(56)57)53(3,4)5)47-59-50(54)42-40-38-36-34-32-30-28-26-23-21-19-17-15-13-11-9-7-2/h8-11,13-17,19-23,25-28,30,32,48-49H,6-7,12,18,24,29,31,33-47H2,1-5H3/b10-8+,11-9+,15-13+,16-14+,19-17+,22-20+,23-21+,27-25+,28-26+,32-30+. The molecule has 0 aliphatic rings. The van der Waals surface area contributed by atoms with Crippen molar-refractivity contribution in [3.05, 3.63) is 122 Å². The molecule has 0 N–H and O–H groups in total. The SMILES string of the molecule is CC/C=C/C=C/C=C/C=C/C=C/C=C/CCCCCC(=O)OCC(COCCC(C(=O)[O-])[N+](C)(C)C)OC(=O)CCCCCCCC/C=C/C/C=C/C/C=C/C/C=C/CC. The highest BCUT2D eigenvalue weighted by molar-refractivity contribution is 5.70. The van der Waals surface area contributed by atoms with Crippen LogP contribution in [-0.2, 0) is 28.6 Å². The van der Waals surface area contributed by atoms with E-state index in [2.05, 4.69) is 74.6 Å². The summed E-state index contributed by atoms with van der Waals surface area (Å²) in [6.45, 7) is 4.31. The van der Waals surface area contributed by atoms with Crippen molar-refractivity contribution in [3.8, 4) is 0 Å². The maximum atomic E-state index is 12.7. The lowest BCUT2D eigenvalue weighted by atomic mass is 10.1. The van der Waals surface area contributed by atoms with Crippen molar-refractivity contribution in [1.82, 2.24) is 0 Å². The largest absolute Gasteiger partial charge is 0.544 e. The predicted molar refractivity (Wildman–Crippen MR) is 249 cm³/mol. The van der Waals surface area contributed by atoms with Crippen LogP contribution in [0.3, 0.4) is 0 Å². The Hall–Kier alpha value is -4.27. The molecule has 0 rings (SSSR count). The maximum Gasteiger partial charge on any atom is 0.306 e. The highest BCUT2D eigenvalue weighted by atomic mass is 16.6. The summed E-state index contributed by atoms with van der Waals surface area (Å²) in [5, 5.41) is 11.6. The molecular weight excluding hydrogens is 751 g/mol. The molecule has 0 aromatic heterocycles. The number of aliphatic carboxylic acids is 1. The molecule has 0 fully saturated rings. The number of carboxylic acid groups (broad SMARTS) is 1. The van der Waals surface area contributed by atoms with Crippen LogP contribution in [0.5, 0.6) is 0 Å². The van der Waals surface area contributed by atoms with Crippen LogP contribution in [0.2, 0.25) is 0 Å². The number of nitrogens with zero attached hydrogens (tertiary/aromatic N) is 1. The van der Waals surface area contributed by atoms with Crippen molar-refractivity contribution in [2.75, 3.05) is 41.0 Å². The van der Waals surface area contributed by atoms with Gasteiger partial charge in [0.2, 0.25) is 0 Å². The van der Waals surface area contributed by atoms with E-state index in [0.29, 0.717) is 6.42 Å². The molecule has 0 aliphatic carbocycles. The van der Waals surface area contributed by atoms with Gasteiger partial charge < -0.3 is 28.6 Å². The summed E-state index contributed by atoms with van der Waals surface area (Å²) in [6, 6.07) is -0.744. The fraction of sp³-hybridized carbons (Fsp3) is 0.558. The minimum Gasteiger partial charge on any atom is -0.544 e. The average Bonchev–Trinajstić information content (AvgIpc) is 3.21. The highest BCUT2D eigenvalue weighted by Crippen LogP contribution is 2.12. The summed E-state index contributed by atoms with van der Waals surface area (Å²) in [5.41, 5.74) is 0. The summed E-state index contributed by atoms with van der Waals surface area (Å²) in [6.07, 6.45) is 57.9. The van der Waals surface area contributed by atoms with Crippen LogP contribution in [0, 0.1) is 0 Å². The molecule has 0 bridgehead atoms. The zero-order valence-electron chi connectivity index (χ0n) is 38.1. The van der Waals surface area contributed by atoms with Gasteiger partial charge in [-0.25, -0.2) is 0 Å². The first-order valence-corrected chi connectivity index (χ1v) is 22.6. The number of hydrogen-bond acceptors (Lipinski definition) is 7. The molecule has 0 aromatic rings.